The van der Waals surface area contributed by atoms with Gasteiger partial charge < -0.3 is 5.32 Å². The number of thiophene rings is 1. The van der Waals surface area contributed by atoms with E-state index in [0.29, 0.717) is 6.54 Å². The molecular weight excluding hydrogens is 284 g/mol. The van der Waals surface area contributed by atoms with Crippen LogP contribution in [0.2, 0.25) is 4.34 Å². The highest BCUT2D eigenvalue weighted by Gasteiger charge is 2.08. The van der Waals surface area contributed by atoms with Crippen molar-refractivity contribution in [2.75, 3.05) is 0 Å². The highest BCUT2D eigenvalue weighted by atomic mass is 35.5. The molecule has 1 atom stereocenters. The van der Waals surface area contributed by atoms with Crippen LogP contribution in [0.3, 0.4) is 0 Å². The minimum Gasteiger partial charge on any atom is -0.305 e. The molecule has 1 heterocycles. The lowest BCUT2D eigenvalue weighted by molar-refractivity contribution is -0.384. The van der Waals surface area contributed by atoms with Crippen LogP contribution in [0.25, 0.3) is 0 Å². The quantitative estimate of drug-likeness (QED) is 0.666. The molecule has 100 valence electrons. The van der Waals surface area contributed by atoms with Crippen LogP contribution < -0.4 is 5.32 Å². The average Bonchev–Trinajstić information content (AvgIpc) is 2.83. The normalized spacial score (nSPS) is 12.3. The third kappa shape index (κ3) is 3.76. The molecule has 0 saturated heterocycles. The smallest absolute Gasteiger partial charge is 0.269 e. The molecule has 0 saturated carbocycles. The van der Waals surface area contributed by atoms with E-state index >= 15 is 0 Å². The van der Waals surface area contributed by atoms with E-state index in [1.807, 2.05) is 12.1 Å². The summed E-state index contributed by atoms with van der Waals surface area (Å²) in [6.45, 7) is 2.72. The van der Waals surface area contributed by atoms with Gasteiger partial charge in [0.15, 0.2) is 0 Å². The third-order valence-electron chi connectivity index (χ3n) is 2.78. The maximum absolute atomic E-state index is 10.5. The summed E-state index contributed by atoms with van der Waals surface area (Å²) in [4.78, 5) is 11.3. The number of hydrogen-bond acceptors (Lipinski definition) is 4. The molecule has 4 nitrogen and oxygen atoms in total. The van der Waals surface area contributed by atoms with Gasteiger partial charge in [0.2, 0.25) is 0 Å². The lowest BCUT2D eigenvalue weighted by Crippen LogP contribution is -2.17. The summed E-state index contributed by atoms with van der Waals surface area (Å²) >= 11 is 7.45. The lowest BCUT2D eigenvalue weighted by Gasteiger charge is -2.11. The van der Waals surface area contributed by atoms with Crippen molar-refractivity contribution in [3.05, 3.63) is 61.3 Å². The molecule has 1 aromatic carbocycles. The van der Waals surface area contributed by atoms with E-state index in [1.165, 1.54) is 17.0 Å². The van der Waals surface area contributed by atoms with Crippen LogP contribution in [-0.2, 0) is 6.54 Å². The molecule has 2 rings (SSSR count). The predicted molar refractivity (Wildman–Crippen MR) is 77.7 cm³/mol. The second-order valence-corrected chi connectivity index (χ2v) is 5.91. The number of nitrogens with zero attached hydrogens (tertiary/aromatic N) is 1. The van der Waals surface area contributed by atoms with E-state index < -0.39 is 4.92 Å². The molecular formula is C13H13ClN2O2S. The second kappa shape index (κ2) is 6.14. The fraction of sp³-hybridized carbons (Fsp3) is 0.231. The Morgan fingerprint density at radius 3 is 2.53 bits per heavy atom. The Kier molecular flexibility index (Phi) is 4.52. The van der Waals surface area contributed by atoms with Gasteiger partial charge in [0.05, 0.1) is 9.26 Å². The monoisotopic (exact) mass is 296 g/mol. The molecule has 0 bridgehead atoms. The molecule has 2 aromatic rings. The van der Waals surface area contributed by atoms with Crippen LogP contribution in [0, 0.1) is 10.1 Å². The summed E-state index contributed by atoms with van der Waals surface area (Å²) in [5.74, 6) is 0. The molecule has 0 radical (unpaired) electrons. The molecule has 6 heteroatoms. The molecule has 0 amide bonds. The molecule has 19 heavy (non-hydrogen) atoms. The fourth-order valence-corrected chi connectivity index (χ4v) is 2.76. The largest absolute Gasteiger partial charge is 0.305 e. The average molecular weight is 297 g/mol. The van der Waals surface area contributed by atoms with E-state index in [9.17, 15) is 10.1 Å². The zero-order valence-corrected chi connectivity index (χ0v) is 11.9. The highest BCUT2D eigenvalue weighted by molar-refractivity contribution is 7.16. The highest BCUT2D eigenvalue weighted by Crippen LogP contribution is 2.26. The summed E-state index contributed by atoms with van der Waals surface area (Å²) in [5, 5.41) is 13.9. The number of hydrogen-bond donors (Lipinski definition) is 1. The standard InChI is InChI=1S/C13H13ClN2O2S/c1-9(12-6-7-13(14)19-12)15-8-10-2-4-11(5-3-10)16(17)18/h2-7,9,15H,8H2,1H3. The van der Waals surface area contributed by atoms with Gasteiger partial charge in [0.1, 0.15) is 0 Å². The first-order valence-electron chi connectivity index (χ1n) is 5.78. The van der Waals surface area contributed by atoms with Gasteiger partial charge in [0, 0.05) is 29.6 Å². The first-order valence-corrected chi connectivity index (χ1v) is 6.97. The SMILES string of the molecule is CC(NCc1ccc([N+](=O)[O-])cc1)c1ccc(Cl)s1. The molecule has 1 aromatic heterocycles. The van der Waals surface area contributed by atoms with Crippen LogP contribution >= 0.6 is 22.9 Å². The number of halogens is 1. The number of nitro benzene ring substituents is 1. The molecule has 0 aliphatic carbocycles. The van der Waals surface area contributed by atoms with Crippen molar-refractivity contribution in [3.8, 4) is 0 Å². The minimum absolute atomic E-state index is 0.113. The van der Waals surface area contributed by atoms with Gasteiger partial charge in [-0.05, 0) is 24.6 Å². The molecule has 0 aliphatic rings. The van der Waals surface area contributed by atoms with E-state index in [0.717, 1.165) is 9.90 Å². The topological polar surface area (TPSA) is 55.2 Å². The van der Waals surface area contributed by atoms with Crippen molar-refractivity contribution < 1.29 is 4.92 Å². The van der Waals surface area contributed by atoms with Crippen molar-refractivity contribution >= 4 is 28.6 Å². The lowest BCUT2D eigenvalue weighted by atomic mass is 10.2. The van der Waals surface area contributed by atoms with E-state index in [1.54, 1.807) is 23.5 Å². The van der Waals surface area contributed by atoms with E-state index in [4.69, 9.17) is 11.6 Å². The van der Waals surface area contributed by atoms with Gasteiger partial charge in [-0.2, -0.15) is 0 Å². The van der Waals surface area contributed by atoms with Crippen LogP contribution in [-0.4, -0.2) is 4.92 Å². The Morgan fingerprint density at radius 1 is 1.32 bits per heavy atom. The fourth-order valence-electron chi connectivity index (χ4n) is 1.67. The van der Waals surface area contributed by atoms with Crippen molar-refractivity contribution in [1.82, 2.24) is 5.32 Å². The van der Waals surface area contributed by atoms with E-state index in [2.05, 4.69) is 12.2 Å². The van der Waals surface area contributed by atoms with Gasteiger partial charge in [-0.1, -0.05) is 23.7 Å². The number of non-ortho nitro benzene ring substituents is 1. The summed E-state index contributed by atoms with van der Waals surface area (Å²) in [7, 11) is 0. The predicted octanol–water partition coefficient (Wildman–Crippen LogP) is 4.16. The van der Waals surface area contributed by atoms with Gasteiger partial charge >= 0.3 is 0 Å². The number of nitro groups is 1. The van der Waals surface area contributed by atoms with Crippen LogP contribution in [0.1, 0.15) is 23.4 Å². The Morgan fingerprint density at radius 2 is 2.00 bits per heavy atom. The van der Waals surface area contributed by atoms with Gasteiger partial charge in [0.25, 0.3) is 5.69 Å². The van der Waals surface area contributed by atoms with Crippen LogP contribution in [0.15, 0.2) is 36.4 Å². The first kappa shape index (κ1) is 14.0. The zero-order chi connectivity index (χ0) is 13.8. The summed E-state index contributed by atoms with van der Waals surface area (Å²) in [6, 6.07) is 10.6. The van der Waals surface area contributed by atoms with Crippen LogP contribution in [0.4, 0.5) is 5.69 Å². The molecule has 0 spiro atoms. The van der Waals surface area contributed by atoms with Crippen LogP contribution in [0.5, 0.6) is 0 Å². The van der Waals surface area contributed by atoms with E-state index in [-0.39, 0.29) is 11.7 Å². The molecule has 1 unspecified atom stereocenters. The maximum atomic E-state index is 10.5. The molecule has 0 aliphatic heterocycles. The van der Waals surface area contributed by atoms with Crippen molar-refractivity contribution in [1.29, 1.82) is 0 Å². The zero-order valence-electron chi connectivity index (χ0n) is 10.3. The molecule has 1 N–H and O–H groups in total. The van der Waals surface area contributed by atoms with Crippen molar-refractivity contribution in [3.63, 3.8) is 0 Å². The second-order valence-electron chi connectivity index (χ2n) is 4.17. The summed E-state index contributed by atoms with van der Waals surface area (Å²) in [5.41, 5.74) is 1.13. The van der Waals surface area contributed by atoms with Crippen molar-refractivity contribution in [2.45, 2.75) is 19.5 Å². The summed E-state index contributed by atoms with van der Waals surface area (Å²) < 4.78 is 0.777. The Bertz CT molecular complexity index is 568. The Hall–Kier alpha value is -1.43. The number of nitrogens with one attached hydrogen (secondary N) is 1. The van der Waals surface area contributed by atoms with Gasteiger partial charge in [-0.3, -0.25) is 10.1 Å². The van der Waals surface area contributed by atoms with Gasteiger partial charge in [-0.15, -0.1) is 11.3 Å². The number of rotatable bonds is 5. The Labute approximate surface area is 120 Å². The number of benzene rings is 1. The van der Waals surface area contributed by atoms with Gasteiger partial charge in [-0.25, -0.2) is 0 Å². The minimum atomic E-state index is -0.395. The summed E-state index contributed by atoms with van der Waals surface area (Å²) in [6.07, 6.45) is 0. The molecule has 0 fully saturated rings. The van der Waals surface area contributed by atoms with Crippen molar-refractivity contribution in [2.24, 2.45) is 0 Å². The maximum Gasteiger partial charge on any atom is 0.269 e. The Balaban J connectivity index is 1.93. The first-order chi connectivity index (χ1) is 9.06. The third-order valence-corrected chi connectivity index (χ3v) is 4.19.